The molecule has 0 radical (unpaired) electrons. The fourth-order valence-electron chi connectivity index (χ4n) is 14.3. The maximum absolute atomic E-state index is 3.90. The van der Waals surface area contributed by atoms with Crippen molar-refractivity contribution in [3.63, 3.8) is 0 Å². The van der Waals surface area contributed by atoms with Crippen LogP contribution in [0.2, 0.25) is 0 Å². The highest BCUT2D eigenvalue weighted by atomic mass is 79.9. The Hall–Kier alpha value is -6.21. The first-order valence-electron chi connectivity index (χ1n) is 27.3. The van der Waals surface area contributed by atoms with E-state index in [1.54, 1.807) is 0 Å². The van der Waals surface area contributed by atoms with Crippen molar-refractivity contribution in [2.75, 3.05) is 4.90 Å². The molecule has 0 saturated heterocycles. The topological polar surface area (TPSA) is 3.24 Å². The molecule has 79 heavy (non-hydrogen) atoms. The summed E-state index contributed by atoms with van der Waals surface area (Å²) < 4.78 is 8.93. The van der Waals surface area contributed by atoms with Gasteiger partial charge in [0, 0.05) is 71.1 Å². The second kappa shape index (κ2) is 18.4. The molecule has 1 nitrogen and oxygen atoms in total. The van der Waals surface area contributed by atoms with Gasteiger partial charge in [0.05, 0.1) is 45.8 Å². The number of anilines is 3. The van der Waals surface area contributed by atoms with E-state index >= 15 is 0 Å². The van der Waals surface area contributed by atoms with Gasteiger partial charge in [0.2, 0.25) is 0 Å². The normalized spacial score (nSPS) is 16.7. The van der Waals surface area contributed by atoms with Crippen molar-refractivity contribution >= 4 is 133 Å². The summed E-state index contributed by atoms with van der Waals surface area (Å²) in [6, 6.07) is 65.2. The van der Waals surface area contributed by atoms with Gasteiger partial charge in [-0.3, -0.25) is 0 Å². The van der Waals surface area contributed by atoms with Crippen LogP contribution in [-0.2, 0) is 28.1 Å². The highest BCUT2D eigenvalue weighted by molar-refractivity contribution is 9.12. The van der Waals surface area contributed by atoms with E-state index in [2.05, 4.69) is 296 Å². The number of hydrogen-bond donors (Lipinski definition) is 0. The Morgan fingerprint density at radius 3 is 1.63 bits per heavy atom. The molecule has 0 bridgehead atoms. The van der Waals surface area contributed by atoms with Crippen LogP contribution in [0.25, 0.3) is 57.0 Å². The summed E-state index contributed by atoms with van der Waals surface area (Å²) in [6.07, 6.45) is 8.43. The summed E-state index contributed by atoms with van der Waals surface area (Å²) in [6.45, 7) is 18.8. The van der Waals surface area contributed by atoms with Crippen LogP contribution in [0.5, 0.6) is 0 Å². The van der Waals surface area contributed by atoms with Gasteiger partial charge >= 0.3 is 0 Å². The Bertz CT molecular complexity index is 4510. The second-order valence-electron chi connectivity index (χ2n) is 23.9. The monoisotopic (exact) mass is 1250 g/mol. The predicted octanol–water partition coefficient (Wildman–Crippen LogP) is 22.7. The molecule has 0 fully saturated rings. The highest BCUT2D eigenvalue weighted by Gasteiger charge is 2.47. The molecule has 0 N–H and O–H groups in total. The van der Waals surface area contributed by atoms with Crippen molar-refractivity contribution in [1.29, 1.82) is 0 Å². The molecule has 0 atom stereocenters. The number of thiophene rings is 2. The number of rotatable bonds is 1. The predicted molar refractivity (Wildman–Crippen MR) is 351 cm³/mol. The minimum Gasteiger partial charge on any atom is -0.309 e. The second-order valence-corrected chi connectivity index (χ2v) is 28.5. The van der Waals surface area contributed by atoms with Gasteiger partial charge in [0.25, 0.3) is 0 Å². The first-order valence-corrected chi connectivity index (χ1v) is 31.3. The summed E-state index contributed by atoms with van der Waals surface area (Å²) in [5, 5.41) is 5.52. The lowest BCUT2D eigenvalue weighted by Gasteiger charge is -2.43. The maximum atomic E-state index is 3.90. The van der Waals surface area contributed by atoms with Crippen molar-refractivity contribution in [3.05, 3.63) is 269 Å². The lowest BCUT2D eigenvalue weighted by Crippen LogP contribution is -2.31. The van der Waals surface area contributed by atoms with Crippen LogP contribution in [0.1, 0.15) is 111 Å². The van der Waals surface area contributed by atoms with Crippen LogP contribution < -0.4 is 4.90 Å². The van der Waals surface area contributed by atoms with E-state index in [4.69, 9.17) is 0 Å². The lowest BCUT2D eigenvalue weighted by molar-refractivity contribution is 0.612. The van der Waals surface area contributed by atoms with Gasteiger partial charge in [-0.2, -0.15) is 0 Å². The number of benzene rings is 9. The maximum Gasteiger partial charge on any atom is 0.185 e. The Balaban J connectivity index is 0.000000119. The molecule has 0 spiro atoms. The van der Waals surface area contributed by atoms with E-state index in [-0.39, 0.29) is 21.7 Å². The molecule has 0 unspecified atom stereocenters. The average molecular weight is 1250 g/mol. The van der Waals surface area contributed by atoms with E-state index in [9.17, 15) is 0 Å². The molecule has 0 amide bonds. The minimum atomic E-state index is -0.148. The first-order chi connectivity index (χ1) is 38.0. The van der Waals surface area contributed by atoms with E-state index in [1.165, 1.54) is 144 Å². The standard InChI is InChI=1S/C36H28BrNS.C22H18S.C15H11Br2/c1-35(2)25-14-6-7-16-28(25)38(30-20-32-24(19-26(30)35)21-11-5-8-18-31(21)39-32)29-17-10-13-23-22-12-9-15-27(37)33(22)36(3,4)34(23)29;1-22(2)18-9-5-3-7-14(18)11-15-12-21-17(13-19(15)22)16-8-4-6-10-20(16)23-21;1-15(2)13-9(5-3-7-11(13)16)10-6-4-8-12(17)14(10)15/h5-20H,1-4H3;3-10,12-13H,11H2,1-2H3;3-7H,1-2H3/q;;+1. The number of nitrogens with zero attached hydrogens (tertiary/aromatic N) is 1. The van der Waals surface area contributed by atoms with Crippen LogP contribution in [0.4, 0.5) is 17.1 Å². The largest absolute Gasteiger partial charge is 0.309 e. The van der Waals surface area contributed by atoms with Crippen molar-refractivity contribution < 1.29 is 0 Å². The van der Waals surface area contributed by atoms with Crippen LogP contribution in [-0.4, -0.2) is 0 Å². The average Bonchev–Trinajstić information content (AvgIpc) is 3.89. The number of fused-ring (bicyclic) bond motifs is 15. The molecule has 6 heteroatoms. The molecule has 1 aliphatic heterocycles. The zero-order valence-corrected chi connectivity index (χ0v) is 51.9. The highest BCUT2D eigenvalue weighted by Crippen LogP contribution is 2.60. The van der Waals surface area contributed by atoms with E-state index in [0.29, 0.717) is 0 Å². The minimum absolute atomic E-state index is 0.0152. The number of halogens is 3. The Kier molecular flexibility index (Phi) is 11.9. The first kappa shape index (κ1) is 51.0. The Labute approximate surface area is 497 Å². The smallest absolute Gasteiger partial charge is 0.185 e. The molecule has 2 aromatic heterocycles. The van der Waals surface area contributed by atoms with Gasteiger partial charge in [-0.25, -0.2) is 0 Å². The van der Waals surface area contributed by atoms with Crippen molar-refractivity contribution in [3.8, 4) is 11.1 Å². The van der Waals surface area contributed by atoms with Crippen molar-refractivity contribution in [1.82, 2.24) is 0 Å². The lowest BCUT2D eigenvalue weighted by atomic mass is 9.69. The SMILES string of the molecule is CC1(C)C2=C(C=C[C+]=C2Br)c2cccc(Br)c21.CC1(C)c2ccccc2Cc2cc3sc4ccccc4c3cc21.CC1(C)c2ccccc2N(c2cccc3c2C(C)(C)c2c(Br)cccc2-3)c2cc3sc4ccccc4c3cc21. The zero-order valence-electron chi connectivity index (χ0n) is 45.5. The van der Waals surface area contributed by atoms with E-state index in [0.717, 1.165) is 10.9 Å². The third-order valence-electron chi connectivity index (χ3n) is 17.9. The molecule has 16 rings (SSSR count). The summed E-state index contributed by atoms with van der Waals surface area (Å²) in [5.41, 5.74) is 23.1. The van der Waals surface area contributed by atoms with E-state index < -0.39 is 0 Å². The molecular formula is C73H57Br3NS2+. The summed E-state index contributed by atoms with van der Waals surface area (Å²) in [5.74, 6) is 0. The molecule has 11 aromatic rings. The molecule has 0 saturated carbocycles. The quantitative estimate of drug-likeness (QED) is 0.148. The fourth-order valence-corrected chi connectivity index (χ4v) is 19.1. The fraction of sp³-hybridized carbons (Fsp3) is 0.178. The third kappa shape index (κ3) is 7.65. The van der Waals surface area contributed by atoms with Gasteiger partial charge in [-0.1, -0.05) is 189 Å². The van der Waals surface area contributed by atoms with Crippen LogP contribution in [0.3, 0.4) is 0 Å². The van der Waals surface area contributed by atoms with Gasteiger partial charge in [-0.15, -0.1) is 22.7 Å². The molecular weight excluding hydrogens is 1190 g/mol. The molecule has 9 aromatic carbocycles. The number of para-hydroxylation sites is 1. The zero-order chi connectivity index (χ0) is 54.5. The Morgan fingerprint density at radius 1 is 0.405 bits per heavy atom. The van der Waals surface area contributed by atoms with Crippen LogP contribution >= 0.6 is 70.5 Å². The van der Waals surface area contributed by atoms with Crippen LogP contribution in [0.15, 0.2) is 207 Å². The Morgan fingerprint density at radius 2 is 0.937 bits per heavy atom. The number of hydrogen-bond acceptors (Lipinski definition) is 3. The summed E-state index contributed by atoms with van der Waals surface area (Å²) in [4.78, 5) is 2.56. The molecule has 386 valence electrons. The number of allylic oxidation sites excluding steroid dienone is 6. The van der Waals surface area contributed by atoms with Crippen molar-refractivity contribution in [2.45, 2.75) is 83.5 Å². The third-order valence-corrected chi connectivity index (χ3v) is 22.1. The van der Waals surface area contributed by atoms with Gasteiger partial charge < -0.3 is 4.90 Å². The molecule has 4 aliphatic carbocycles. The summed E-state index contributed by atoms with van der Waals surface area (Å²) >= 11 is 15.0. The van der Waals surface area contributed by atoms with Crippen LogP contribution in [0, 0.1) is 6.08 Å². The molecule has 5 aliphatic rings. The molecule has 3 heterocycles. The summed E-state index contributed by atoms with van der Waals surface area (Å²) in [7, 11) is 0. The van der Waals surface area contributed by atoms with Crippen molar-refractivity contribution in [2.24, 2.45) is 0 Å². The van der Waals surface area contributed by atoms with Gasteiger partial charge in [0.1, 0.15) is 6.08 Å². The van der Waals surface area contributed by atoms with Gasteiger partial charge in [-0.05, 0) is 158 Å². The van der Waals surface area contributed by atoms with E-state index in [1.807, 2.05) is 28.7 Å². The van der Waals surface area contributed by atoms with Gasteiger partial charge in [0.15, 0.2) is 4.48 Å².